The normalized spacial score (nSPS) is 12.4. The number of halogens is 3. The number of nitrogens with zero attached hydrogens (tertiary/aromatic N) is 1. The second-order valence-electron chi connectivity index (χ2n) is 2.96. The molecule has 2 aromatic heterocycles. The van der Waals surface area contributed by atoms with Gasteiger partial charge in [0, 0.05) is 10.9 Å². The molecule has 0 amide bonds. The van der Waals surface area contributed by atoms with Crippen molar-refractivity contribution in [3.05, 3.63) is 39.9 Å². The van der Waals surface area contributed by atoms with E-state index in [-0.39, 0.29) is 5.69 Å². The van der Waals surface area contributed by atoms with E-state index < -0.39 is 11.9 Å². The van der Waals surface area contributed by atoms with Crippen molar-refractivity contribution in [3.63, 3.8) is 0 Å². The minimum Gasteiger partial charge on any atom is -0.351 e. The van der Waals surface area contributed by atoms with E-state index in [0.717, 1.165) is 10.9 Å². The van der Waals surface area contributed by atoms with Gasteiger partial charge < -0.3 is 4.52 Å². The number of aromatic nitrogens is 1. The molecule has 0 radical (unpaired) electrons. The lowest BCUT2D eigenvalue weighted by atomic mass is 10.3. The maximum Gasteiger partial charge on any atom is 0.452 e. The van der Waals surface area contributed by atoms with E-state index in [1.807, 2.05) is 17.5 Å². The van der Waals surface area contributed by atoms with Gasteiger partial charge in [-0.1, -0.05) is 11.2 Å². The lowest BCUT2D eigenvalue weighted by Crippen LogP contribution is -2.02. The first-order valence-electron chi connectivity index (χ1n) is 4.31. The fourth-order valence-corrected chi connectivity index (χ4v) is 1.67. The summed E-state index contributed by atoms with van der Waals surface area (Å²) in [6, 6.07) is 4.57. The van der Waals surface area contributed by atoms with Crippen LogP contribution in [0.3, 0.4) is 0 Å². The molecule has 0 spiro atoms. The van der Waals surface area contributed by atoms with Crippen molar-refractivity contribution < 1.29 is 17.7 Å². The van der Waals surface area contributed by atoms with E-state index in [1.165, 1.54) is 17.4 Å². The molecule has 0 aliphatic carbocycles. The third-order valence-corrected chi connectivity index (χ3v) is 2.61. The quantitative estimate of drug-likeness (QED) is 0.801. The highest BCUT2D eigenvalue weighted by Gasteiger charge is 2.35. The summed E-state index contributed by atoms with van der Waals surface area (Å²) in [5.74, 6) is -1.08. The zero-order valence-corrected chi connectivity index (χ0v) is 8.68. The average molecular weight is 245 g/mol. The van der Waals surface area contributed by atoms with Crippen LogP contribution in [0.4, 0.5) is 13.2 Å². The Morgan fingerprint density at radius 2 is 2.12 bits per heavy atom. The highest BCUT2D eigenvalue weighted by Crippen LogP contribution is 2.29. The lowest BCUT2D eigenvalue weighted by molar-refractivity contribution is -0.155. The standard InChI is InChI=1S/C10H6F3NOS/c11-10(12,13)9-6-7(14-15-9)3-4-8-2-1-5-16-8/h1-6H. The molecule has 0 aliphatic rings. The van der Waals surface area contributed by atoms with Crippen molar-refractivity contribution in [3.8, 4) is 0 Å². The molecule has 0 N–H and O–H groups in total. The van der Waals surface area contributed by atoms with Crippen LogP contribution in [-0.4, -0.2) is 5.16 Å². The molecule has 16 heavy (non-hydrogen) atoms. The number of alkyl halides is 3. The van der Waals surface area contributed by atoms with Crippen LogP contribution >= 0.6 is 11.3 Å². The molecule has 0 saturated carbocycles. The highest BCUT2D eigenvalue weighted by molar-refractivity contribution is 7.10. The Bertz CT molecular complexity index is 484. The van der Waals surface area contributed by atoms with Gasteiger partial charge in [-0.3, -0.25) is 0 Å². The SMILES string of the molecule is FC(F)(F)c1cc(C=Cc2cccs2)no1. The molecule has 2 rings (SSSR count). The summed E-state index contributed by atoms with van der Waals surface area (Å²) < 4.78 is 40.7. The van der Waals surface area contributed by atoms with E-state index in [4.69, 9.17) is 0 Å². The van der Waals surface area contributed by atoms with Gasteiger partial charge in [0.05, 0.1) is 0 Å². The van der Waals surface area contributed by atoms with E-state index in [1.54, 1.807) is 6.08 Å². The first-order valence-corrected chi connectivity index (χ1v) is 5.19. The van der Waals surface area contributed by atoms with Crippen LogP contribution < -0.4 is 0 Å². The molecule has 2 heterocycles. The van der Waals surface area contributed by atoms with Gasteiger partial charge in [0.2, 0.25) is 5.76 Å². The van der Waals surface area contributed by atoms with E-state index in [9.17, 15) is 13.2 Å². The van der Waals surface area contributed by atoms with Crippen molar-refractivity contribution in [2.75, 3.05) is 0 Å². The predicted octanol–water partition coefficient (Wildman–Crippen LogP) is 3.93. The van der Waals surface area contributed by atoms with Crippen LogP contribution in [0.5, 0.6) is 0 Å². The van der Waals surface area contributed by atoms with Crippen LogP contribution in [0.25, 0.3) is 12.2 Å². The molecular formula is C10H6F3NOS. The molecule has 0 atom stereocenters. The van der Waals surface area contributed by atoms with Gasteiger partial charge in [-0.15, -0.1) is 11.3 Å². The molecule has 84 valence electrons. The summed E-state index contributed by atoms with van der Waals surface area (Å²) in [6.45, 7) is 0. The molecule has 0 aliphatic heterocycles. The first kappa shape index (κ1) is 10.9. The van der Waals surface area contributed by atoms with Crippen LogP contribution in [0.15, 0.2) is 28.1 Å². The van der Waals surface area contributed by atoms with Crippen LogP contribution in [0.2, 0.25) is 0 Å². The van der Waals surface area contributed by atoms with Crippen LogP contribution in [0.1, 0.15) is 16.3 Å². The smallest absolute Gasteiger partial charge is 0.351 e. The van der Waals surface area contributed by atoms with Gasteiger partial charge in [-0.25, -0.2) is 0 Å². The van der Waals surface area contributed by atoms with E-state index >= 15 is 0 Å². The van der Waals surface area contributed by atoms with Gasteiger partial charge in [0.15, 0.2) is 0 Å². The second kappa shape index (κ2) is 4.13. The summed E-state index contributed by atoms with van der Waals surface area (Å²) in [6.07, 6.45) is -1.32. The fourth-order valence-electron chi connectivity index (χ4n) is 1.05. The molecular weight excluding hydrogens is 239 g/mol. The lowest BCUT2D eigenvalue weighted by Gasteiger charge is -1.97. The van der Waals surface area contributed by atoms with Crippen LogP contribution in [0, 0.1) is 0 Å². The second-order valence-corrected chi connectivity index (χ2v) is 3.94. The zero-order valence-electron chi connectivity index (χ0n) is 7.86. The Morgan fingerprint density at radius 1 is 1.31 bits per heavy atom. The Kier molecular flexibility index (Phi) is 2.82. The van der Waals surface area contributed by atoms with Gasteiger partial charge >= 0.3 is 6.18 Å². The highest BCUT2D eigenvalue weighted by atomic mass is 32.1. The van der Waals surface area contributed by atoms with Gasteiger partial charge in [0.25, 0.3) is 0 Å². The minimum atomic E-state index is -4.48. The van der Waals surface area contributed by atoms with Crippen molar-refractivity contribution in [2.45, 2.75) is 6.18 Å². The summed E-state index contributed by atoms with van der Waals surface area (Å²) >= 11 is 1.49. The maximum absolute atomic E-state index is 12.2. The molecule has 0 unspecified atom stereocenters. The van der Waals surface area contributed by atoms with Crippen molar-refractivity contribution in [1.29, 1.82) is 0 Å². The monoisotopic (exact) mass is 245 g/mol. The number of thiophene rings is 1. The van der Waals surface area contributed by atoms with E-state index in [2.05, 4.69) is 9.68 Å². The third kappa shape index (κ3) is 2.52. The van der Waals surface area contributed by atoms with E-state index in [0.29, 0.717) is 0 Å². The number of rotatable bonds is 2. The molecule has 0 fully saturated rings. The zero-order chi connectivity index (χ0) is 11.6. The first-order chi connectivity index (χ1) is 7.55. The van der Waals surface area contributed by atoms with Gasteiger partial charge in [-0.05, 0) is 23.6 Å². The topological polar surface area (TPSA) is 26.0 Å². The summed E-state index contributed by atoms with van der Waals surface area (Å²) in [7, 11) is 0. The third-order valence-electron chi connectivity index (χ3n) is 1.77. The fraction of sp³-hybridized carbons (Fsp3) is 0.100. The Balaban J connectivity index is 2.15. The molecule has 6 heteroatoms. The predicted molar refractivity (Wildman–Crippen MR) is 54.8 cm³/mol. The Morgan fingerprint density at radius 3 is 2.69 bits per heavy atom. The molecule has 0 bridgehead atoms. The molecule has 0 aromatic carbocycles. The summed E-state index contributed by atoms with van der Waals surface area (Å²) in [4.78, 5) is 0.941. The van der Waals surface area contributed by atoms with Gasteiger partial charge in [-0.2, -0.15) is 13.2 Å². The van der Waals surface area contributed by atoms with Gasteiger partial charge in [0.1, 0.15) is 5.69 Å². The maximum atomic E-state index is 12.2. The Labute approximate surface area is 93.0 Å². The van der Waals surface area contributed by atoms with Crippen LogP contribution in [-0.2, 0) is 6.18 Å². The molecule has 0 saturated heterocycles. The van der Waals surface area contributed by atoms with Crippen molar-refractivity contribution >= 4 is 23.5 Å². The number of hydrogen-bond donors (Lipinski definition) is 0. The minimum absolute atomic E-state index is 0.153. The van der Waals surface area contributed by atoms with Crippen molar-refractivity contribution in [1.82, 2.24) is 5.16 Å². The van der Waals surface area contributed by atoms with Crippen molar-refractivity contribution in [2.24, 2.45) is 0 Å². The average Bonchev–Trinajstić information content (AvgIpc) is 2.85. The summed E-state index contributed by atoms with van der Waals surface area (Å²) in [5.41, 5.74) is 0.153. The number of hydrogen-bond acceptors (Lipinski definition) is 3. The summed E-state index contributed by atoms with van der Waals surface area (Å²) in [5, 5.41) is 5.18. The molecule has 2 aromatic rings. The molecule has 2 nitrogen and oxygen atoms in total. The Hall–Kier alpha value is -1.56. The largest absolute Gasteiger partial charge is 0.452 e.